The van der Waals surface area contributed by atoms with Crippen molar-refractivity contribution >= 4 is 11.7 Å². The number of carbonyl (C=O) groups excluding carboxylic acids is 1. The van der Waals surface area contributed by atoms with E-state index < -0.39 is 5.97 Å². The Morgan fingerprint density at radius 3 is 2.85 bits per heavy atom. The second-order valence-corrected chi connectivity index (χ2v) is 4.54. The molecule has 0 aromatic heterocycles. The summed E-state index contributed by atoms with van der Waals surface area (Å²) < 4.78 is 15.6. The number of rotatable bonds is 5. The van der Waals surface area contributed by atoms with E-state index in [0.717, 1.165) is 26.3 Å². The van der Waals surface area contributed by atoms with Gasteiger partial charge < -0.3 is 19.9 Å². The molecule has 0 amide bonds. The Kier molecular flexibility index (Phi) is 5.20. The fraction of sp³-hybridized carbons (Fsp3) is 0.500. The number of nitrogen functional groups attached to an aromatic ring is 1. The van der Waals surface area contributed by atoms with Gasteiger partial charge in [0.25, 0.3) is 0 Å². The number of morpholine rings is 1. The Hall–Kier alpha value is -1.79. The van der Waals surface area contributed by atoms with Crippen molar-refractivity contribution < 1.29 is 19.0 Å². The largest absolute Gasteiger partial charge is 0.497 e. The lowest BCUT2D eigenvalue weighted by Crippen LogP contribution is -2.38. The molecule has 0 bridgehead atoms. The molecule has 0 atom stereocenters. The Morgan fingerprint density at radius 1 is 1.40 bits per heavy atom. The van der Waals surface area contributed by atoms with E-state index in [1.54, 1.807) is 25.3 Å². The van der Waals surface area contributed by atoms with E-state index in [0.29, 0.717) is 30.2 Å². The Balaban J connectivity index is 1.84. The Bertz CT molecular complexity index is 458. The molecule has 110 valence electrons. The first-order valence-corrected chi connectivity index (χ1v) is 6.61. The average molecular weight is 280 g/mol. The molecule has 6 nitrogen and oxygen atoms in total. The molecule has 1 aromatic rings. The molecule has 1 aromatic carbocycles. The average Bonchev–Trinajstić information content (AvgIpc) is 2.48. The van der Waals surface area contributed by atoms with Crippen LogP contribution in [0.2, 0.25) is 0 Å². The number of esters is 1. The van der Waals surface area contributed by atoms with Gasteiger partial charge in [0.2, 0.25) is 0 Å². The number of nitrogens with two attached hydrogens (primary N) is 1. The van der Waals surface area contributed by atoms with Crippen LogP contribution in [0, 0.1) is 0 Å². The SMILES string of the molecule is COc1ccc(N)c(C(=O)OCCN2CCOCC2)c1. The van der Waals surface area contributed by atoms with Gasteiger partial charge >= 0.3 is 5.97 Å². The van der Waals surface area contributed by atoms with Crippen LogP contribution in [-0.4, -0.2) is 57.4 Å². The normalized spacial score (nSPS) is 15.8. The Labute approximate surface area is 118 Å². The van der Waals surface area contributed by atoms with E-state index in [9.17, 15) is 4.79 Å². The van der Waals surface area contributed by atoms with Crippen molar-refractivity contribution in [3.63, 3.8) is 0 Å². The minimum Gasteiger partial charge on any atom is -0.497 e. The highest BCUT2D eigenvalue weighted by Gasteiger charge is 2.14. The molecule has 1 saturated heterocycles. The molecule has 1 heterocycles. The van der Waals surface area contributed by atoms with E-state index in [4.69, 9.17) is 19.9 Å². The summed E-state index contributed by atoms with van der Waals surface area (Å²) >= 11 is 0. The maximum absolute atomic E-state index is 12.0. The summed E-state index contributed by atoms with van der Waals surface area (Å²) in [6.45, 7) is 4.26. The van der Waals surface area contributed by atoms with Gasteiger partial charge in [0.05, 0.1) is 25.9 Å². The topological polar surface area (TPSA) is 74.0 Å². The van der Waals surface area contributed by atoms with Crippen molar-refractivity contribution in [2.75, 3.05) is 52.3 Å². The van der Waals surface area contributed by atoms with Gasteiger partial charge in [-0.3, -0.25) is 4.90 Å². The number of methoxy groups -OCH3 is 1. The highest BCUT2D eigenvalue weighted by molar-refractivity contribution is 5.95. The first-order valence-electron chi connectivity index (χ1n) is 6.61. The molecule has 1 fully saturated rings. The van der Waals surface area contributed by atoms with Crippen molar-refractivity contribution in [2.24, 2.45) is 0 Å². The second kappa shape index (κ2) is 7.12. The zero-order valence-corrected chi connectivity index (χ0v) is 11.6. The monoisotopic (exact) mass is 280 g/mol. The van der Waals surface area contributed by atoms with Gasteiger partial charge in [-0.2, -0.15) is 0 Å². The third-order valence-electron chi connectivity index (χ3n) is 3.22. The van der Waals surface area contributed by atoms with E-state index in [2.05, 4.69) is 4.90 Å². The van der Waals surface area contributed by atoms with Gasteiger partial charge in [-0.25, -0.2) is 4.79 Å². The van der Waals surface area contributed by atoms with Crippen LogP contribution in [0.1, 0.15) is 10.4 Å². The summed E-state index contributed by atoms with van der Waals surface area (Å²) in [5.41, 5.74) is 6.51. The maximum Gasteiger partial charge on any atom is 0.340 e. The van der Waals surface area contributed by atoms with Crippen LogP contribution in [0.5, 0.6) is 5.75 Å². The lowest BCUT2D eigenvalue weighted by molar-refractivity contribution is 0.0196. The molecule has 0 saturated carbocycles. The first-order chi connectivity index (χ1) is 9.70. The standard InChI is InChI=1S/C14H20N2O4/c1-18-11-2-3-13(15)12(10-11)14(17)20-9-6-16-4-7-19-8-5-16/h2-3,10H,4-9,15H2,1H3. The van der Waals surface area contributed by atoms with Gasteiger partial charge in [-0.1, -0.05) is 0 Å². The highest BCUT2D eigenvalue weighted by Crippen LogP contribution is 2.20. The van der Waals surface area contributed by atoms with Crippen LogP contribution in [0.4, 0.5) is 5.69 Å². The van der Waals surface area contributed by atoms with Gasteiger partial charge in [0, 0.05) is 25.3 Å². The summed E-state index contributed by atoms with van der Waals surface area (Å²) in [7, 11) is 1.54. The minimum atomic E-state index is -0.422. The van der Waals surface area contributed by atoms with Crippen molar-refractivity contribution in [1.29, 1.82) is 0 Å². The molecule has 2 rings (SSSR count). The molecule has 1 aliphatic rings. The molecule has 6 heteroatoms. The van der Waals surface area contributed by atoms with Crippen LogP contribution in [0.3, 0.4) is 0 Å². The lowest BCUT2D eigenvalue weighted by atomic mass is 10.2. The molecule has 0 spiro atoms. The molecule has 1 aliphatic heterocycles. The molecule has 0 unspecified atom stereocenters. The smallest absolute Gasteiger partial charge is 0.340 e. The van der Waals surface area contributed by atoms with Crippen LogP contribution < -0.4 is 10.5 Å². The molecule has 0 aliphatic carbocycles. The van der Waals surface area contributed by atoms with E-state index >= 15 is 0 Å². The first kappa shape index (κ1) is 14.6. The summed E-state index contributed by atoms with van der Waals surface area (Å²) in [5, 5.41) is 0. The van der Waals surface area contributed by atoms with Crippen LogP contribution in [0.15, 0.2) is 18.2 Å². The molecule has 20 heavy (non-hydrogen) atoms. The highest BCUT2D eigenvalue weighted by atomic mass is 16.5. The zero-order valence-electron chi connectivity index (χ0n) is 11.6. The van der Waals surface area contributed by atoms with Gasteiger partial charge in [-0.05, 0) is 18.2 Å². The van der Waals surface area contributed by atoms with Crippen molar-refractivity contribution in [3.05, 3.63) is 23.8 Å². The van der Waals surface area contributed by atoms with Crippen LogP contribution in [0.25, 0.3) is 0 Å². The third-order valence-corrected chi connectivity index (χ3v) is 3.22. The van der Waals surface area contributed by atoms with E-state index in [1.165, 1.54) is 0 Å². The molecule has 0 radical (unpaired) electrons. The number of nitrogens with zero attached hydrogens (tertiary/aromatic N) is 1. The fourth-order valence-corrected chi connectivity index (χ4v) is 2.01. The number of hydrogen-bond donors (Lipinski definition) is 1. The number of hydrogen-bond acceptors (Lipinski definition) is 6. The predicted octanol–water partition coefficient (Wildman–Crippen LogP) is 0.766. The molecule has 2 N–H and O–H groups in total. The predicted molar refractivity (Wildman–Crippen MR) is 74.9 cm³/mol. The fourth-order valence-electron chi connectivity index (χ4n) is 2.01. The van der Waals surface area contributed by atoms with Crippen molar-refractivity contribution in [1.82, 2.24) is 4.90 Å². The summed E-state index contributed by atoms with van der Waals surface area (Å²) in [6.07, 6.45) is 0. The molecular weight excluding hydrogens is 260 g/mol. The third kappa shape index (κ3) is 3.85. The second-order valence-electron chi connectivity index (χ2n) is 4.54. The van der Waals surface area contributed by atoms with E-state index in [1.807, 2.05) is 0 Å². The van der Waals surface area contributed by atoms with Crippen molar-refractivity contribution in [2.45, 2.75) is 0 Å². The number of ether oxygens (including phenoxy) is 3. The summed E-state index contributed by atoms with van der Waals surface area (Å²) in [6, 6.07) is 4.93. The van der Waals surface area contributed by atoms with Crippen LogP contribution >= 0.6 is 0 Å². The number of carbonyl (C=O) groups is 1. The van der Waals surface area contributed by atoms with Gasteiger partial charge in [0.15, 0.2) is 0 Å². The maximum atomic E-state index is 12.0. The van der Waals surface area contributed by atoms with Crippen molar-refractivity contribution in [3.8, 4) is 5.75 Å². The Morgan fingerprint density at radius 2 is 2.15 bits per heavy atom. The van der Waals surface area contributed by atoms with Crippen LogP contribution in [-0.2, 0) is 9.47 Å². The minimum absolute atomic E-state index is 0.339. The molecular formula is C14H20N2O4. The summed E-state index contributed by atoms with van der Waals surface area (Å²) in [4.78, 5) is 14.2. The lowest BCUT2D eigenvalue weighted by Gasteiger charge is -2.26. The van der Waals surface area contributed by atoms with Gasteiger partial charge in [0.1, 0.15) is 12.4 Å². The number of anilines is 1. The van der Waals surface area contributed by atoms with Gasteiger partial charge in [-0.15, -0.1) is 0 Å². The quantitative estimate of drug-likeness (QED) is 0.634. The van der Waals surface area contributed by atoms with E-state index in [-0.39, 0.29) is 0 Å². The summed E-state index contributed by atoms with van der Waals surface area (Å²) in [5.74, 6) is 0.161. The zero-order chi connectivity index (χ0) is 14.4. The number of benzene rings is 1.